The fraction of sp³-hybridized carbons (Fsp3) is 0.250. The van der Waals surface area contributed by atoms with Gasteiger partial charge in [0.1, 0.15) is 5.52 Å². The summed E-state index contributed by atoms with van der Waals surface area (Å²) < 4.78 is 1.84. The largest absolute Gasteiger partial charge is 0.326 e. The van der Waals surface area contributed by atoms with Crippen molar-refractivity contribution in [3.8, 4) is 0 Å². The van der Waals surface area contributed by atoms with Crippen LogP contribution in [-0.4, -0.2) is 50.6 Å². The van der Waals surface area contributed by atoms with Gasteiger partial charge in [-0.25, -0.2) is 14.8 Å². The lowest BCUT2D eigenvalue weighted by atomic mass is 10.2. The van der Waals surface area contributed by atoms with Gasteiger partial charge in [-0.1, -0.05) is 6.07 Å². The van der Waals surface area contributed by atoms with Crippen LogP contribution in [0.1, 0.15) is 0 Å². The number of aromatic nitrogens is 4. The van der Waals surface area contributed by atoms with Crippen molar-refractivity contribution >= 4 is 34.5 Å². The van der Waals surface area contributed by atoms with Gasteiger partial charge in [0.15, 0.2) is 5.65 Å². The van der Waals surface area contributed by atoms with Crippen molar-refractivity contribution in [3.63, 3.8) is 0 Å². The number of fused-ring (bicyclic) bond motifs is 1. The molecule has 122 valence electrons. The summed E-state index contributed by atoms with van der Waals surface area (Å²) in [4.78, 5) is 28.6. The van der Waals surface area contributed by atoms with E-state index >= 15 is 0 Å². The number of aryl methyl sites for hydroxylation is 1. The number of nitrogens with one attached hydrogen (secondary N) is 1. The number of benzene rings is 1. The lowest BCUT2D eigenvalue weighted by molar-refractivity contribution is 0.229. The molecule has 8 nitrogen and oxygen atoms in total. The van der Waals surface area contributed by atoms with E-state index in [9.17, 15) is 4.79 Å². The molecule has 8 heteroatoms. The van der Waals surface area contributed by atoms with Crippen molar-refractivity contribution in [1.29, 1.82) is 0 Å². The first kappa shape index (κ1) is 14.4. The quantitative estimate of drug-likeness (QED) is 0.797. The summed E-state index contributed by atoms with van der Waals surface area (Å²) in [5.74, 6) is 0.494. The van der Waals surface area contributed by atoms with Crippen LogP contribution in [0.2, 0.25) is 0 Å². The highest BCUT2D eigenvalue weighted by Crippen LogP contribution is 2.24. The molecular formula is C16H17N7O. The number of nitrogens with zero attached hydrogens (tertiary/aromatic N) is 6. The third kappa shape index (κ3) is 2.41. The highest BCUT2D eigenvalue weighted by atomic mass is 16.2. The molecule has 0 bridgehead atoms. The normalized spacial score (nSPS) is 14.7. The van der Waals surface area contributed by atoms with E-state index in [-0.39, 0.29) is 6.03 Å². The van der Waals surface area contributed by atoms with Crippen molar-refractivity contribution in [1.82, 2.24) is 24.4 Å². The summed E-state index contributed by atoms with van der Waals surface area (Å²) in [7, 11) is 3.70. The minimum Gasteiger partial charge on any atom is -0.326 e. The molecule has 1 aromatic carbocycles. The Morgan fingerprint density at radius 2 is 2.04 bits per heavy atom. The Bertz CT molecular complexity index is 920. The number of hydrogen-bond acceptors (Lipinski definition) is 5. The summed E-state index contributed by atoms with van der Waals surface area (Å²) >= 11 is 0. The number of amides is 2. The lowest BCUT2D eigenvalue weighted by Crippen LogP contribution is -2.29. The van der Waals surface area contributed by atoms with E-state index in [4.69, 9.17) is 0 Å². The summed E-state index contributed by atoms with van der Waals surface area (Å²) in [5.41, 5.74) is 3.20. The first-order valence-corrected chi connectivity index (χ1v) is 7.65. The van der Waals surface area contributed by atoms with Gasteiger partial charge in [0, 0.05) is 38.6 Å². The maximum atomic E-state index is 12.1. The number of imidazole rings is 1. The van der Waals surface area contributed by atoms with Gasteiger partial charge in [-0.3, -0.25) is 4.90 Å². The van der Waals surface area contributed by atoms with Crippen molar-refractivity contribution in [2.45, 2.75) is 0 Å². The molecule has 1 saturated heterocycles. The van der Waals surface area contributed by atoms with E-state index in [1.54, 1.807) is 29.4 Å². The van der Waals surface area contributed by atoms with Crippen LogP contribution in [0.25, 0.3) is 11.2 Å². The van der Waals surface area contributed by atoms with Gasteiger partial charge in [-0.05, 0) is 18.2 Å². The Morgan fingerprint density at radius 1 is 1.17 bits per heavy atom. The summed E-state index contributed by atoms with van der Waals surface area (Å²) in [6.07, 6.45) is 3.40. The molecule has 0 spiro atoms. The fourth-order valence-electron chi connectivity index (χ4n) is 2.75. The van der Waals surface area contributed by atoms with Crippen LogP contribution in [0, 0.1) is 0 Å². The van der Waals surface area contributed by atoms with Crippen molar-refractivity contribution in [2.24, 2.45) is 7.05 Å². The van der Waals surface area contributed by atoms with Crippen LogP contribution in [0.3, 0.4) is 0 Å². The second kappa shape index (κ2) is 5.48. The standard InChI is InChI=1S/C16H17N7O/c1-21-6-7-23(16(21)24)12-5-3-4-11(8-12)19-15-17-9-13-14(20-15)22(2)10-18-13/h3-5,8-10H,6-7H2,1-2H3,(H,17,19,20). The number of likely N-dealkylation sites (N-methyl/N-ethyl adjacent to an activating group) is 1. The minimum absolute atomic E-state index is 0.0136. The van der Waals surface area contributed by atoms with Gasteiger partial charge < -0.3 is 14.8 Å². The molecule has 0 aliphatic carbocycles. The molecule has 1 aliphatic rings. The predicted molar refractivity (Wildman–Crippen MR) is 91.4 cm³/mol. The molecule has 3 aromatic rings. The number of hydrogen-bond donors (Lipinski definition) is 1. The molecule has 0 saturated carbocycles. The van der Waals surface area contributed by atoms with E-state index in [1.165, 1.54) is 0 Å². The number of carbonyl (C=O) groups excluding carboxylic acids is 1. The van der Waals surface area contributed by atoms with Gasteiger partial charge in [0.25, 0.3) is 0 Å². The van der Waals surface area contributed by atoms with E-state index < -0.39 is 0 Å². The molecule has 0 unspecified atom stereocenters. The number of urea groups is 1. The highest BCUT2D eigenvalue weighted by Gasteiger charge is 2.26. The van der Waals surface area contributed by atoms with E-state index in [1.807, 2.05) is 35.9 Å². The van der Waals surface area contributed by atoms with Crippen LogP contribution in [-0.2, 0) is 7.05 Å². The number of carbonyl (C=O) groups is 1. The molecule has 3 heterocycles. The van der Waals surface area contributed by atoms with Gasteiger partial charge in [0.2, 0.25) is 5.95 Å². The summed E-state index contributed by atoms with van der Waals surface area (Å²) in [5, 5.41) is 3.19. The van der Waals surface area contributed by atoms with Crippen LogP contribution >= 0.6 is 0 Å². The minimum atomic E-state index is 0.0136. The number of rotatable bonds is 3. The lowest BCUT2D eigenvalue weighted by Gasteiger charge is -2.17. The van der Waals surface area contributed by atoms with E-state index in [2.05, 4.69) is 20.3 Å². The Hall–Kier alpha value is -3.16. The summed E-state index contributed by atoms with van der Waals surface area (Å²) in [6, 6.07) is 7.69. The first-order chi connectivity index (χ1) is 11.6. The van der Waals surface area contributed by atoms with Gasteiger partial charge in [-0.15, -0.1) is 0 Å². The molecule has 1 fully saturated rings. The Labute approximate surface area is 138 Å². The van der Waals surface area contributed by atoms with Crippen molar-refractivity contribution in [2.75, 3.05) is 30.4 Å². The maximum Gasteiger partial charge on any atom is 0.324 e. The van der Waals surface area contributed by atoms with Gasteiger partial charge >= 0.3 is 6.03 Å². The van der Waals surface area contributed by atoms with Crippen LogP contribution in [0.5, 0.6) is 0 Å². The van der Waals surface area contributed by atoms with Crippen LogP contribution in [0.15, 0.2) is 36.8 Å². The topological polar surface area (TPSA) is 79.2 Å². The fourth-order valence-corrected chi connectivity index (χ4v) is 2.75. The van der Waals surface area contributed by atoms with Crippen molar-refractivity contribution < 1.29 is 4.79 Å². The first-order valence-electron chi connectivity index (χ1n) is 7.65. The zero-order valence-electron chi connectivity index (χ0n) is 13.5. The Morgan fingerprint density at radius 3 is 2.83 bits per heavy atom. The summed E-state index contributed by atoms with van der Waals surface area (Å²) in [6.45, 7) is 1.42. The second-order valence-electron chi connectivity index (χ2n) is 5.79. The average Bonchev–Trinajstić information content (AvgIpc) is 3.12. The predicted octanol–water partition coefficient (Wildman–Crippen LogP) is 1.98. The molecule has 0 radical (unpaired) electrons. The van der Waals surface area contributed by atoms with Crippen LogP contribution in [0.4, 0.5) is 22.1 Å². The smallest absolute Gasteiger partial charge is 0.324 e. The van der Waals surface area contributed by atoms with Crippen molar-refractivity contribution in [3.05, 3.63) is 36.8 Å². The zero-order chi connectivity index (χ0) is 16.7. The van der Waals surface area contributed by atoms with E-state index in [0.717, 1.165) is 29.1 Å². The monoisotopic (exact) mass is 323 g/mol. The molecule has 0 atom stereocenters. The third-order valence-electron chi connectivity index (χ3n) is 4.08. The zero-order valence-corrected chi connectivity index (χ0v) is 13.5. The van der Waals surface area contributed by atoms with Gasteiger partial charge in [0.05, 0.1) is 12.5 Å². The maximum absolute atomic E-state index is 12.1. The molecule has 24 heavy (non-hydrogen) atoms. The molecule has 2 aromatic heterocycles. The Kier molecular flexibility index (Phi) is 3.30. The highest BCUT2D eigenvalue weighted by molar-refractivity contribution is 5.94. The molecular weight excluding hydrogens is 306 g/mol. The number of anilines is 3. The second-order valence-corrected chi connectivity index (χ2v) is 5.79. The Balaban J connectivity index is 1.61. The van der Waals surface area contributed by atoms with Gasteiger partial charge in [-0.2, -0.15) is 4.98 Å². The van der Waals surface area contributed by atoms with Crippen LogP contribution < -0.4 is 10.2 Å². The SMILES string of the molecule is CN1CCN(c2cccc(Nc3ncc4ncn(C)c4n3)c2)C1=O. The van der Waals surface area contributed by atoms with E-state index in [0.29, 0.717) is 12.5 Å². The third-order valence-corrected chi connectivity index (χ3v) is 4.08. The molecule has 2 amide bonds. The molecule has 1 aliphatic heterocycles. The molecule has 4 rings (SSSR count). The average molecular weight is 323 g/mol. The molecule has 1 N–H and O–H groups in total.